The van der Waals surface area contributed by atoms with Gasteiger partial charge in [0.2, 0.25) is 5.76 Å². The summed E-state index contributed by atoms with van der Waals surface area (Å²) in [5.74, 6) is -1.30. The van der Waals surface area contributed by atoms with E-state index in [1.165, 1.54) is 19.1 Å². The molecular weight excluding hydrogens is 395 g/mol. The zero-order valence-corrected chi connectivity index (χ0v) is 14.7. The van der Waals surface area contributed by atoms with Gasteiger partial charge in [0, 0.05) is 5.02 Å². The van der Waals surface area contributed by atoms with Crippen LogP contribution in [-0.2, 0) is 16.2 Å². The van der Waals surface area contributed by atoms with Crippen LogP contribution < -0.4 is 0 Å². The molecule has 0 aliphatic carbocycles. The molecule has 0 fully saturated rings. The van der Waals surface area contributed by atoms with Crippen molar-refractivity contribution in [2.75, 3.05) is 6.54 Å². The van der Waals surface area contributed by atoms with Gasteiger partial charge >= 0.3 is 6.18 Å². The number of alkyl halides is 3. The highest BCUT2D eigenvalue weighted by molar-refractivity contribution is 7.89. The van der Waals surface area contributed by atoms with Crippen LogP contribution in [0.2, 0.25) is 5.02 Å². The number of rotatable bonds is 4. The average molecular weight is 406 g/mol. The monoisotopic (exact) mass is 405 g/mol. The number of nitrogens with zero attached hydrogens (tertiary/aromatic N) is 1. The Morgan fingerprint density at radius 3 is 2.54 bits per heavy atom. The van der Waals surface area contributed by atoms with Gasteiger partial charge in [0.25, 0.3) is 15.9 Å². The number of amides is 1. The van der Waals surface area contributed by atoms with Crippen molar-refractivity contribution < 1.29 is 30.8 Å². The van der Waals surface area contributed by atoms with Gasteiger partial charge in [0.15, 0.2) is 0 Å². The molecule has 0 saturated heterocycles. The Bertz CT molecular complexity index is 990. The lowest BCUT2D eigenvalue weighted by Gasteiger charge is -2.20. The highest BCUT2D eigenvalue weighted by Crippen LogP contribution is 2.35. The van der Waals surface area contributed by atoms with E-state index >= 15 is 0 Å². The first-order chi connectivity index (χ1) is 12.0. The molecular formula is C16H11ClF3NO4S. The fraction of sp³-hybridized carbons (Fsp3) is 0.188. The summed E-state index contributed by atoms with van der Waals surface area (Å²) in [6, 6.07) is 5.72. The van der Waals surface area contributed by atoms with Crippen molar-refractivity contribution in [1.82, 2.24) is 4.31 Å². The zero-order chi connectivity index (χ0) is 19.7. The summed E-state index contributed by atoms with van der Waals surface area (Å²) in [5.41, 5.74) is -0.948. The van der Waals surface area contributed by atoms with Crippen molar-refractivity contribution in [3.05, 3.63) is 52.4 Å². The van der Waals surface area contributed by atoms with E-state index in [0.29, 0.717) is 0 Å². The molecule has 5 nitrogen and oxygen atoms in total. The first kappa shape index (κ1) is 19.9. The lowest BCUT2D eigenvalue weighted by molar-refractivity contribution is -0.153. The minimum atomic E-state index is -4.99. The normalized spacial score (nSPS) is 11.8. The van der Waals surface area contributed by atoms with Crippen molar-refractivity contribution in [3.63, 3.8) is 0 Å². The molecule has 0 bridgehead atoms. The number of furan rings is 1. The molecule has 2 rings (SSSR count). The molecule has 0 spiro atoms. The number of carbonyl (C=O) groups excluding carboxylic acids is 1. The van der Waals surface area contributed by atoms with E-state index in [4.69, 9.17) is 18.0 Å². The number of halogens is 4. The number of hydrogen-bond donors (Lipinski definition) is 0. The van der Waals surface area contributed by atoms with Gasteiger partial charge in [-0.25, -0.2) is 12.7 Å². The number of hydrogen-bond acceptors (Lipinski definition) is 4. The van der Waals surface area contributed by atoms with Crippen LogP contribution >= 0.6 is 11.6 Å². The predicted octanol–water partition coefficient (Wildman–Crippen LogP) is 3.72. The maximum absolute atomic E-state index is 13.1. The number of benzene rings is 1. The molecule has 138 valence electrons. The average Bonchev–Trinajstić information content (AvgIpc) is 2.94. The van der Waals surface area contributed by atoms with Gasteiger partial charge in [-0.2, -0.15) is 13.2 Å². The molecule has 0 unspecified atom stereocenters. The summed E-state index contributed by atoms with van der Waals surface area (Å²) in [6.45, 7) is 0.429. The topological polar surface area (TPSA) is 67.6 Å². The third-order valence-corrected chi connectivity index (χ3v) is 5.15. The first-order valence-electron chi connectivity index (χ1n) is 6.92. The molecule has 2 aromatic rings. The van der Waals surface area contributed by atoms with Crippen LogP contribution in [0.3, 0.4) is 0 Å². The van der Waals surface area contributed by atoms with Gasteiger partial charge < -0.3 is 4.42 Å². The van der Waals surface area contributed by atoms with Gasteiger partial charge in [-0.3, -0.25) is 4.79 Å². The van der Waals surface area contributed by atoms with Crippen LogP contribution in [0.5, 0.6) is 0 Å². The second-order valence-electron chi connectivity index (χ2n) is 5.08. The number of aryl methyl sites for hydroxylation is 1. The molecule has 10 heteroatoms. The maximum Gasteiger partial charge on any atom is 0.450 e. The van der Waals surface area contributed by atoms with Gasteiger partial charge in [-0.1, -0.05) is 23.6 Å². The van der Waals surface area contributed by atoms with Crippen molar-refractivity contribution in [1.29, 1.82) is 0 Å². The van der Waals surface area contributed by atoms with Crippen molar-refractivity contribution in [2.24, 2.45) is 0 Å². The Morgan fingerprint density at radius 1 is 1.35 bits per heavy atom. The van der Waals surface area contributed by atoms with E-state index in [1.807, 2.05) is 5.92 Å². The molecule has 1 heterocycles. The molecule has 0 N–H and O–H groups in total. The number of sulfonamides is 1. The Labute approximate surface area is 152 Å². The van der Waals surface area contributed by atoms with E-state index in [2.05, 4.69) is 4.42 Å². The van der Waals surface area contributed by atoms with Crippen LogP contribution in [0.25, 0.3) is 0 Å². The Balaban J connectivity index is 2.59. The predicted molar refractivity (Wildman–Crippen MR) is 87.0 cm³/mol. The summed E-state index contributed by atoms with van der Waals surface area (Å²) < 4.78 is 69.3. The largest absolute Gasteiger partial charge is 0.456 e. The molecule has 0 aliphatic heterocycles. The van der Waals surface area contributed by atoms with E-state index < -0.39 is 40.0 Å². The lowest BCUT2D eigenvalue weighted by Crippen LogP contribution is -2.38. The van der Waals surface area contributed by atoms with Crippen molar-refractivity contribution in [2.45, 2.75) is 18.0 Å². The fourth-order valence-corrected chi connectivity index (χ4v) is 3.72. The van der Waals surface area contributed by atoms with E-state index in [0.717, 1.165) is 18.2 Å². The first-order valence-corrected chi connectivity index (χ1v) is 8.74. The highest BCUT2D eigenvalue weighted by atomic mass is 35.5. The minimum Gasteiger partial charge on any atom is -0.456 e. The molecule has 26 heavy (non-hydrogen) atoms. The molecule has 1 aromatic heterocycles. The molecule has 1 amide bonds. The Kier molecular flexibility index (Phi) is 5.39. The van der Waals surface area contributed by atoms with Gasteiger partial charge in [-0.15, -0.1) is 6.42 Å². The van der Waals surface area contributed by atoms with Crippen LogP contribution in [-0.4, -0.2) is 25.2 Å². The smallest absolute Gasteiger partial charge is 0.450 e. The van der Waals surface area contributed by atoms with Crippen LogP contribution in [0, 0.1) is 19.3 Å². The van der Waals surface area contributed by atoms with E-state index in [1.54, 1.807) is 0 Å². The third kappa shape index (κ3) is 3.86. The number of carbonyl (C=O) groups is 1. The molecule has 0 saturated carbocycles. The van der Waals surface area contributed by atoms with Gasteiger partial charge in [0.05, 0.1) is 17.0 Å². The summed E-state index contributed by atoms with van der Waals surface area (Å²) in [6.07, 6.45) is 0.114. The minimum absolute atomic E-state index is 0.0642. The molecule has 1 aromatic carbocycles. The van der Waals surface area contributed by atoms with Gasteiger partial charge in [0.1, 0.15) is 5.76 Å². The summed E-state index contributed by atoms with van der Waals surface area (Å²) in [7, 11) is -4.54. The quantitative estimate of drug-likeness (QED) is 0.727. The van der Waals surface area contributed by atoms with Crippen molar-refractivity contribution in [3.8, 4) is 12.3 Å². The maximum atomic E-state index is 13.1. The lowest BCUT2D eigenvalue weighted by atomic mass is 10.2. The van der Waals surface area contributed by atoms with Crippen molar-refractivity contribution >= 4 is 27.5 Å². The van der Waals surface area contributed by atoms with Crippen LogP contribution in [0.1, 0.15) is 21.9 Å². The number of terminal acetylenes is 1. The summed E-state index contributed by atoms with van der Waals surface area (Å²) in [4.78, 5) is 12.2. The van der Waals surface area contributed by atoms with Crippen LogP contribution in [0.4, 0.5) is 13.2 Å². The standard InChI is InChI=1S/C16H11ClF3NO4S/c1-3-7-21(26(23,24)12-6-4-5-11(17)9-12)15(22)13-8-10(2)25-14(13)16(18,19)20/h1,4-6,8-9H,7H2,2H3. The third-order valence-electron chi connectivity index (χ3n) is 3.19. The summed E-state index contributed by atoms with van der Waals surface area (Å²) >= 11 is 5.75. The van der Waals surface area contributed by atoms with Crippen LogP contribution in [0.15, 0.2) is 39.6 Å². The molecule has 0 aliphatic rings. The SMILES string of the molecule is C#CCN(C(=O)c1cc(C)oc1C(F)(F)F)S(=O)(=O)c1cccc(Cl)c1. The van der Waals surface area contributed by atoms with Gasteiger partial charge in [-0.05, 0) is 31.2 Å². The second-order valence-corrected chi connectivity index (χ2v) is 7.37. The highest BCUT2D eigenvalue weighted by Gasteiger charge is 2.42. The van der Waals surface area contributed by atoms with E-state index in [9.17, 15) is 26.4 Å². The molecule has 0 atom stereocenters. The zero-order valence-electron chi connectivity index (χ0n) is 13.2. The molecule has 0 radical (unpaired) electrons. The Hall–Kier alpha value is -2.44. The fourth-order valence-electron chi connectivity index (χ4n) is 2.12. The second kappa shape index (κ2) is 7.05. The Morgan fingerprint density at radius 2 is 2.00 bits per heavy atom. The van der Waals surface area contributed by atoms with E-state index in [-0.39, 0.29) is 20.0 Å². The summed E-state index contributed by atoms with van der Waals surface area (Å²) in [5, 5.41) is 0.0642.